The van der Waals surface area contributed by atoms with Gasteiger partial charge in [0.05, 0.1) is 5.69 Å². The SMILES string of the molecule is CN(CCCN=C(N)Nc1ccccc1OC(F)(F)F)C1CCCCC1. The van der Waals surface area contributed by atoms with Crippen LogP contribution in [-0.4, -0.2) is 43.4 Å². The smallest absolute Gasteiger partial charge is 0.404 e. The van der Waals surface area contributed by atoms with E-state index in [2.05, 4.69) is 27.0 Å². The summed E-state index contributed by atoms with van der Waals surface area (Å²) in [6, 6.07) is 6.39. The van der Waals surface area contributed by atoms with Crippen LogP contribution >= 0.6 is 0 Å². The molecule has 1 saturated carbocycles. The van der Waals surface area contributed by atoms with Crippen LogP contribution in [-0.2, 0) is 0 Å². The summed E-state index contributed by atoms with van der Waals surface area (Å²) in [5.74, 6) is -0.265. The van der Waals surface area contributed by atoms with Crippen LogP contribution in [0.15, 0.2) is 29.3 Å². The summed E-state index contributed by atoms with van der Waals surface area (Å²) >= 11 is 0. The Morgan fingerprint density at radius 1 is 1.27 bits per heavy atom. The maximum absolute atomic E-state index is 12.4. The number of anilines is 1. The Balaban J connectivity index is 1.79. The van der Waals surface area contributed by atoms with Crippen LogP contribution in [0.25, 0.3) is 0 Å². The van der Waals surface area contributed by atoms with Gasteiger partial charge in [0.1, 0.15) is 0 Å². The number of hydrogen-bond acceptors (Lipinski definition) is 3. The predicted molar refractivity (Wildman–Crippen MR) is 97.4 cm³/mol. The third-order valence-electron chi connectivity index (χ3n) is 4.52. The number of ether oxygens (including phenoxy) is 1. The fourth-order valence-electron chi connectivity index (χ4n) is 3.19. The Hall–Kier alpha value is -1.96. The molecular weight excluding hydrogens is 345 g/mol. The average molecular weight is 372 g/mol. The van der Waals surface area contributed by atoms with Crippen molar-refractivity contribution in [1.29, 1.82) is 0 Å². The summed E-state index contributed by atoms with van der Waals surface area (Å²) in [6.07, 6.45) is 2.51. The molecule has 0 heterocycles. The highest BCUT2D eigenvalue weighted by Crippen LogP contribution is 2.29. The van der Waals surface area contributed by atoms with E-state index in [-0.39, 0.29) is 17.4 Å². The molecule has 3 N–H and O–H groups in total. The lowest BCUT2D eigenvalue weighted by atomic mass is 9.94. The lowest BCUT2D eigenvalue weighted by Gasteiger charge is -2.30. The molecule has 0 spiro atoms. The van der Waals surface area contributed by atoms with Gasteiger partial charge in [0.25, 0.3) is 0 Å². The highest BCUT2D eigenvalue weighted by atomic mass is 19.4. The van der Waals surface area contributed by atoms with Crippen molar-refractivity contribution in [1.82, 2.24) is 4.90 Å². The summed E-state index contributed by atoms with van der Waals surface area (Å²) in [4.78, 5) is 6.56. The number of alkyl halides is 3. The fraction of sp³-hybridized carbons (Fsp3) is 0.611. The quantitative estimate of drug-likeness (QED) is 0.432. The molecule has 1 aromatic rings. The van der Waals surface area contributed by atoms with Crippen LogP contribution in [0.4, 0.5) is 18.9 Å². The van der Waals surface area contributed by atoms with Gasteiger partial charge in [-0.2, -0.15) is 0 Å². The van der Waals surface area contributed by atoms with Gasteiger partial charge >= 0.3 is 6.36 Å². The molecule has 0 saturated heterocycles. The third kappa shape index (κ3) is 7.11. The number of nitrogens with one attached hydrogen (secondary N) is 1. The van der Waals surface area contributed by atoms with E-state index in [1.165, 1.54) is 50.3 Å². The van der Waals surface area contributed by atoms with Crippen LogP contribution in [0, 0.1) is 0 Å². The van der Waals surface area contributed by atoms with E-state index in [1.54, 1.807) is 6.07 Å². The molecule has 1 aromatic carbocycles. The van der Waals surface area contributed by atoms with Crippen molar-refractivity contribution in [3.63, 3.8) is 0 Å². The van der Waals surface area contributed by atoms with Gasteiger partial charge in [-0.3, -0.25) is 4.99 Å². The minimum Gasteiger partial charge on any atom is -0.404 e. The van der Waals surface area contributed by atoms with Crippen molar-refractivity contribution in [2.24, 2.45) is 10.7 Å². The molecule has 0 unspecified atom stereocenters. The number of nitrogens with zero attached hydrogens (tertiary/aromatic N) is 2. The number of nitrogens with two attached hydrogens (primary N) is 1. The van der Waals surface area contributed by atoms with E-state index in [9.17, 15) is 13.2 Å². The molecule has 26 heavy (non-hydrogen) atoms. The molecule has 0 radical (unpaired) electrons. The van der Waals surface area contributed by atoms with Crippen LogP contribution in [0.3, 0.4) is 0 Å². The summed E-state index contributed by atoms with van der Waals surface area (Å²) in [5.41, 5.74) is 5.92. The minimum absolute atomic E-state index is 0.0727. The second-order valence-corrected chi connectivity index (χ2v) is 6.56. The number of para-hydroxylation sites is 2. The second-order valence-electron chi connectivity index (χ2n) is 6.56. The average Bonchev–Trinajstić information content (AvgIpc) is 2.60. The lowest BCUT2D eigenvalue weighted by molar-refractivity contribution is -0.274. The predicted octanol–water partition coefficient (Wildman–Crippen LogP) is 3.97. The molecule has 146 valence electrons. The van der Waals surface area contributed by atoms with Crippen LogP contribution in [0.5, 0.6) is 5.75 Å². The van der Waals surface area contributed by atoms with Gasteiger partial charge < -0.3 is 20.7 Å². The minimum atomic E-state index is -4.76. The molecule has 1 aliphatic rings. The van der Waals surface area contributed by atoms with Crippen molar-refractivity contribution < 1.29 is 17.9 Å². The number of benzene rings is 1. The first-order valence-corrected chi connectivity index (χ1v) is 8.97. The van der Waals surface area contributed by atoms with E-state index < -0.39 is 6.36 Å². The fourth-order valence-corrected chi connectivity index (χ4v) is 3.19. The van der Waals surface area contributed by atoms with Crippen molar-refractivity contribution in [3.8, 4) is 5.75 Å². The van der Waals surface area contributed by atoms with Crippen molar-refractivity contribution in [2.75, 3.05) is 25.5 Å². The maximum atomic E-state index is 12.4. The molecule has 0 amide bonds. The zero-order chi connectivity index (χ0) is 19.0. The number of halogens is 3. The first-order valence-electron chi connectivity index (χ1n) is 8.97. The Morgan fingerprint density at radius 2 is 1.96 bits per heavy atom. The molecule has 5 nitrogen and oxygen atoms in total. The number of aliphatic imine (C=N–C) groups is 1. The van der Waals surface area contributed by atoms with Gasteiger partial charge in [-0.25, -0.2) is 0 Å². The van der Waals surface area contributed by atoms with Gasteiger partial charge in [-0.1, -0.05) is 31.4 Å². The molecule has 1 fully saturated rings. The molecule has 0 bridgehead atoms. The maximum Gasteiger partial charge on any atom is 0.573 e. The van der Waals surface area contributed by atoms with E-state index in [0.29, 0.717) is 12.6 Å². The normalized spacial score (nSPS) is 16.7. The van der Waals surface area contributed by atoms with Gasteiger partial charge in [0.2, 0.25) is 0 Å². The van der Waals surface area contributed by atoms with E-state index in [0.717, 1.165) is 13.0 Å². The summed E-state index contributed by atoms with van der Waals surface area (Å²) in [5, 5.41) is 2.67. The van der Waals surface area contributed by atoms with Gasteiger partial charge in [0.15, 0.2) is 11.7 Å². The van der Waals surface area contributed by atoms with Gasteiger partial charge in [-0.15, -0.1) is 13.2 Å². The zero-order valence-corrected chi connectivity index (χ0v) is 15.1. The van der Waals surface area contributed by atoms with E-state index >= 15 is 0 Å². The summed E-state index contributed by atoms with van der Waals surface area (Å²) < 4.78 is 41.2. The Morgan fingerprint density at radius 3 is 2.65 bits per heavy atom. The van der Waals surface area contributed by atoms with Crippen LogP contribution < -0.4 is 15.8 Å². The van der Waals surface area contributed by atoms with Gasteiger partial charge in [0, 0.05) is 12.6 Å². The molecule has 2 rings (SSSR count). The van der Waals surface area contributed by atoms with Crippen molar-refractivity contribution in [3.05, 3.63) is 24.3 Å². The van der Waals surface area contributed by atoms with Gasteiger partial charge in [-0.05, 0) is 45.0 Å². The monoisotopic (exact) mass is 372 g/mol. The van der Waals surface area contributed by atoms with Crippen LogP contribution in [0.2, 0.25) is 0 Å². The van der Waals surface area contributed by atoms with Crippen LogP contribution in [0.1, 0.15) is 38.5 Å². The highest BCUT2D eigenvalue weighted by Gasteiger charge is 2.32. The van der Waals surface area contributed by atoms with E-state index in [4.69, 9.17) is 5.73 Å². The molecule has 1 aliphatic carbocycles. The number of rotatable bonds is 7. The third-order valence-corrected chi connectivity index (χ3v) is 4.52. The molecule has 0 aliphatic heterocycles. The first kappa shape index (κ1) is 20.4. The molecule has 8 heteroatoms. The van der Waals surface area contributed by atoms with Crippen molar-refractivity contribution in [2.45, 2.75) is 50.9 Å². The second kappa shape index (κ2) is 9.66. The van der Waals surface area contributed by atoms with E-state index in [1.807, 2.05) is 0 Å². The number of hydrogen-bond donors (Lipinski definition) is 2. The standard InChI is InChI=1S/C18H27F3N4O/c1-25(14-8-3-2-4-9-14)13-7-12-23-17(22)24-15-10-5-6-11-16(15)26-18(19,20)21/h5-6,10-11,14H,2-4,7-9,12-13H2,1H3,(H3,22,23,24). The number of guanidine groups is 1. The Kier molecular flexibility index (Phi) is 7.56. The Labute approximate surface area is 152 Å². The molecule has 0 aromatic heterocycles. The zero-order valence-electron chi connectivity index (χ0n) is 15.1. The summed E-state index contributed by atoms with van der Waals surface area (Å²) in [7, 11) is 2.13. The lowest BCUT2D eigenvalue weighted by Crippen LogP contribution is -2.34. The highest BCUT2D eigenvalue weighted by molar-refractivity contribution is 5.93. The molecule has 0 atom stereocenters. The summed E-state index contributed by atoms with van der Waals surface area (Å²) in [6.45, 7) is 1.44. The Bertz CT molecular complexity index is 586. The largest absolute Gasteiger partial charge is 0.573 e. The topological polar surface area (TPSA) is 62.9 Å². The first-order chi connectivity index (χ1) is 12.3. The molecular formula is C18H27F3N4O. The van der Waals surface area contributed by atoms with Crippen molar-refractivity contribution >= 4 is 11.6 Å².